The molecule has 1 aromatic carbocycles. The van der Waals surface area contributed by atoms with Gasteiger partial charge in [-0.1, -0.05) is 6.92 Å². The first-order valence-corrected chi connectivity index (χ1v) is 8.70. The highest BCUT2D eigenvalue weighted by Crippen LogP contribution is 2.44. The average Bonchev–Trinajstić information content (AvgIpc) is 3.34. The van der Waals surface area contributed by atoms with E-state index in [0.29, 0.717) is 30.2 Å². The van der Waals surface area contributed by atoms with Crippen molar-refractivity contribution in [2.75, 3.05) is 31.1 Å². The molecule has 2 N–H and O–H groups in total. The van der Waals surface area contributed by atoms with Gasteiger partial charge in [0.1, 0.15) is 5.82 Å². The Kier molecular flexibility index (Phi) is 4.07. The Balaban J connectivity index is 1.90. The highest BCUT2D eigenvalue weighted by Gasteiger charge is 2.35. The minimum absolute atomic E-state index is 0.138. The Morgan fingerprint density at radius 3 is 2.65 bits per heavy atom. The lowest BCUT2D eigenvalue weighted by molar-refractivity contribution is 0.143. The van der Waals surface area contributed by atoms with Crippen molar-refractivity contribution in [2.24, 2.45) is 5.92 Å². The van der Waals surface area contributed by atoms with E-state index in [-0.39, 0.29) is 17.2 Å². The summed E-state index contributed by atoms with van der Waals surface area (Å²) in [7, 11) is 0. The van der Waals surface area contributed by atoms with E-state index in [4.69, 9.17) is 5.11 Å². The standard InChI is InChI=1S/C18H20FN3O4/c1-10-6-13(10)22-9-16(26-18(24)25)17(23)11-7-12(19)15(8-14(11)22)21-4-2-20-3-5-21/h7-10,13,20H,2-6H2,1H3,(H,24,25). The third-order valence-electron chi connectivity index (χ3n) is 5.15. The molecular weight excluding hydrogens is 341 g/mol. The maximum absolute atomic E-state index is 14.7. The highest BCUT2D eigenvalue weighted by atomic mass is 19.1. The van der Waals surface area contributed by atoms with E-state index < -0.39 is 17.4 Å². The summed E-state index contributed by atoms with van der Waals surface area (Å²) >= 11 is 0. The Labute approximate surface area is 149 Å². The van der Waals surface area contributed by atoms with Crippen molar-refractivity contribution in [1.82, 2.24) is 9.88 Å². The summed E-state index contributed by atoms with van der Waals surface area (Å²) in [6, 6.07) is 3.05. The van der Waals surface area contributed by atoms with Gasteiger partial charge in [0.15, 0.2) is 5.75 Å². The molecule has 2 aliphatic rings. The number of nitrogens with zero attached hydrogens (tertiary/aromatic N) is 2. The van der Waals surface area contributed by atoms with E-state index in [1.807, 2.05) is 9.47 Å². The molecule has 1 aliphatic heterocycles. The highest BCUT2D eigenvalue weighted by molar-refractivity contribution is 5.85. The molecule has 0 amide bonds. The Morgan fingerprint density at radius 1 is 1.35 bits per heavy atom. The summed E-state index contributed by atoms with van der Waals surface area (Å²) in [4.78, 5) is 25.4. The molecule has 26 heavy (non-hydrogen) atoms. The van der Waals surface area contributed by atoms with Crippen molar-refractivity contribution in [3.8, 4) is 5.75 Å². The molecule has 1 aliphatic carbocycles. The summed E-state index contributed by atoms with van der Waals surface area (Å²) in [6.45, 7) is 5.00. The molecule has 7 nitrogen and oxygen atoms in total. The number of nitrogens with one attached hydrogen (secondary N) is 1. The van der Waals surface area contributed by atoms with Gasteiger partial charge in [0.25, 0.3) is 0 Å². The van der Waals surface area contributed by atoms with Crippen molar-refractivity contribution >= 4 is 22.7 Å². The second kappa shape index (κ2) is 6.28. The number of aromatic nitrogens is 1. The zero-order valence-corrected chi connectivity index (χ0v) is 14.4. The maximum Gasteiger partial charge on any atom is 0.511 e. The van der Waals surface area contributed by atoms with Gasteiger partial charge in [0, 0.05) is 32.2 Å². The molecule has 0 radical (unpaired) electrons. The van der Waals surface area contributed by atoms with Gasteiger partial charge in [-0.2, -0.15) is 0 Å². The van der Waals surface area contributed by atoms with Crippen LogP contribution in [0.2, 0.25) is 0 Å². The lowest BCUT2D eigenvalue weighted by Gasteiger charge is -2.30. The Morgan fingerprint density at radius 2 is 2.04 bits per heavy atom. The summed E-state index contributed by atoms with van der Waals surface area (Å²) in [5.74, 6) is -0.371. The number of anilines is 1. The predicted molar refractivity (Wildman–Crippen MR) is 94.7 cm³/mol. The normalized spacial score (nSPS) is 22.5. The van der Waals surface area contributed by atoms with Crippen LogP contribution in [0.15, 0.2) is 23.1 Å². The fourth-order valence-corrected chi connectivity index (χ4v) is 3.61. The molecule has 2 unspecified atom stereocenters. The van der Waals surface area contributed by atoms with Crippen LogP contribution < -0.4 is 20.4 Å². The van der Waals surface area contributed by atoms with Crippen molar-refractivity contribution < 1.29 is 19.0 Å². The molecule has 1 saturated heterocycles. The molecule has 1 aromatic heterocycles. The quantitative estimate of drug-likeness (QED) is 0.816. The molecule has 8 heteroatoms. The molecule has 2 aromatic rings. The molecule has 1 saturated carbocycles. The molecular formula is C18H20FN3O4. The number of halogens is 1. The minimum Gasteiger partial charge on any atom is -0.449 e. The SMILES string of the molecule is CC1CC1n1cc(OC(=O)O)c(=O)c2cc(F)c(N3CCNCC3)cc21. The Bertz CT molecular complexity index is 936. The van der Waals surface area contributed by atoms with Crippen LogP contribution in [0.25, 0.3) is 10.9 Å². The minimum atomic E-state index is -1.56. The smallest absolute Gasteiger partial charge is 0.449 e. The van der Waals surface area contributed by atoms with E-state index in [1.165, 1.54) is 12.3 Å². The molecule has 4 rings (SSSR count). The second-order valence-corrected chi connectivity index (χ2v) is 6.94. The van der Waals surface area contributed by atoms with E-state index >= 15 is 0 Å². The van der Waals surface area contributed by atoms with Gasteiger partial charge in [-0.25, -0.2) is 9.18 Å². The fraction of sp³-hybridized carbons (Fsp3) is 0.444. The third kappa shape index (κ3) is 2.90. The molecule has 2 atom stereocenters. The summed E-state index contributed by atoms with van der Waals surface area (Å²) < 4.78 is 21.2. The van der Waals surface area contributed by atoms with Crippen molar-refractivity contribution in [3.63, 3.8) is 0 Å². The first-order chi connectivity index (χ1) is 12.5. The third-order valence-corrected chi connectivity index (χ3v) is 5.15. The number of fused-ring (bicyclic) bond motifs is 1. The van der Waals surface area contributed by atoms with E-state index in [9.17, 15) is 14.0 Å². The number of rotatable bonds is 3. The van der Waals surface area contributed by atoms with Crippen LogP contribution >= 0.6 is 0 Å². The van der Waals surface area contributed by atoms with E-state index in [0.717, 1.165) is 19.5 Å². The van der Waals surface area contributed by atoms with Crippen LogP contribution in [0.3, 0.4) is 0 Å². The number of benzene rings is 1. The van der Waals surface area contributed by atoms with Crippen LogP contribution in [0.1, 0.15) is 19.4 Å². The van der Waals surface area contributed by atoms with Crippen molar-refractivity contribution in [1.29, 1.82) is 0 Å². The second-order valence-electron chi connectivity index (χ2n) is 6.94. The van der Waals surface area contributed by atoms with Gasteiger partial charge in [-0.3, -0.25) is 4.79 Å². The van der Waals surface area contributed by atoms with Crippen LogP contribution in [-0.2, 0) is 0 Å². The number of piperazine rings is 1. The number of ether oxygens (including phenoxy) is 1. The fourth-order valence-electron chi connectivity index (χ4n) is 3.61. The van der Waals surface area contributed by atoms with Gasteiger partial charge in [0.05, 0.1) is 22.8 Å². The van der Waals surface area contributed by atoms with Crippen molar-refractivity contribution in [2.45, 2.75) is 19.4 Å². The number of carboxylic acid groups (broad SMARTS) is 1. The zero-order chi connectivity index (χ0) is 18.4. The Hall–Kier alpha value is -2.61. The van der Waals surface area contributed by atoms with Gasteiger partial charge in [-0.15, -0.1) is 0 Å². The molecule has 0 bridgehead atoms. The van der Waals surface area contributed by atoms with E-state index in [1.54, 1.807) is 6.07 Å². The molecule has 138 valence electrons. The lowest BCUT2D eigenvalue weighted by atomic mass is 10.1. The number of pyridine rings is 1. The number of hydrogen-bond acceptors (Lipinski definition) is 5. The summed E-state index contributed by atoms with van der Waals surface area (Å²) in [5.41, 5.74) is 0.460. The van der Waals surface area contributed by atoms with Crippen LogP contribution in [0.5, 0.6) is 5.75 Å². The lowest BCUT2D eigenvalue weighted by Crippen LogP contribution is -2.43. The number of carbonyl (C=O) groups is 1. The zero-order valence-electron chi connectivity index (χ0n) is 14.4. The molecule has 2 heterocycles. The maximum atomic E-state index is 14.7. The predicted octanol–water partition coefficient (Wildman–Crippen LogP) is 2.19. The van der Waals surface area contributed by atoms with Crippen LogP contribution in [0.4, 0.5) is 14.9 Å². The van der Waals surface area contributed by atoms with E-state index in [2.05, 4.69) is 17.0 Å². The first-order valence-electron chi connectivity index (χ1n) is 8.70. The first kappa shape index (κ1) is 16.8. The van der Waals surface area contributed by atoms with Crippen LogP contribution in [0, 0.1) is 11.7 Å². The molecule has 0 spiro atoms. The topological polar surface area (TPSA) is 83.8 Å². The summed E-state index contributed by atoms with van der Waals surface area (Å²) in [6.07, 6.45) is 0.798. The van der Waals surface area contributed by atoms with Gasteiger partial charge in [0.2, 0.25) is 5.43 Å². The number of hydrogen-bond donors (Lipinski definition) is 2. The van der Waals surface area contributed by atoms with Crippen LogP contribution in [-0.4, -0.2) is 42.0 Å². The summed E-state index contributed by atoms with van der Waals surface area (Å²) in [5, 5.41) is 12.2. The largest absolute Gasteiger partial charge is 0.511 e. The molecule has 2 fully saturated rings. The van der Waals surface area contributed by atoms with Gasteiger partial charge < -0.3 is 24.6 Å². The van der Waals surface area contributed by atoms with Gasteiger partial charge >= 0.3 is 6.16 Å². The van der Waals surface area contributed by atoms with Gasteiger partial charge in [-0.05, 0) is 24.5 Å². The average molecular weight is 361 g/mol. The van der Waals surface area contributed by atoms with Crippen molar-refractivity contribution in [3.05, 3.63) is 34.4 Å². The monoisotopic (exact) mass is 361 g/mol.